The summed E-state index contributed by atoms with van der Waals surface area (Å²) in [5.41, 5.74) is 2.17. The van der Waals surface area contributed by atoms with Crippen LogP contribution in [0.1, 0.15) is 43.7 Å². The van der Waals surface area contributed by atoms with Crippen LogP contribution in [0.2, 0.25) is 0 Å². The Kier molecular flexibility index (Phi) is 8.52. The summed E-state index contributed by atoms with van der Waals surface area (Å²) in [5.74, 6) is 0.360. The minimum Gasteiger partial charge on any atom is -0.484 e. The number of carbonyl (C=O) groups is 2. The molecule has 1 fully saturated rings. The van der Waals surface area contributed by atoms with Crippen molar-refractivity contribution in [2.45, 2.75) is 58.0 Å². The van der Waals surface area contributed by atoms with Crippen molar-refractivity contribution in [3.8, 4) is 5.75 Å². The Morgan fingerprint density at radius 1 is 1.16 bits per heavy atom. The number of nitrogens with zero attached hydrogens (tertiary/aromatic N) is 1. The highest BCUT2D eigenvalue weighted by Gasteiger charge is 2.28. The number of benzene rings is 2. The van der Waals surface area contributed by atoms with Crippen LogP contribution in [0, 0.1) is 6.92 Å². The van der Waals surface area contributed by atoms with Crippen molar-refractivity contribution in [2.75, 3.05) is 13.2 Å². The van der Waals surface area contributed by atoms with Gasteiger partial charge in [-0.3, -0.25) is 9.59 Å². The van der Waals surface area contributed by atoms with Gasteiger partial charge in [-0.15, -0.1) is 0 Å². The molecule has 0 bridgehead atoms. The molecule has 3 rings (SSSR count). The van der Waals surface area contributed by atoms with Gasteiger partial charge >= 0.3 is 0 Å². The molecule has 2 aromatic carbocycles. The molecule has 1 saturated carbocycles. The summed E-state index contributed by atoms with van der Waals surface area (Å²) in [4.78, 5) is 27.6. The van der Waals surface area contributed by atoms with Gasteiger partial charge in [0.15, 0.2) is 6.61 Å². The van der Waals surface area contributed by atoms with E-state index >= 15 is 0 Å². The standard InChI is InChI=1S/C25H31BrN2O3/c1-18-16-22(12-13-23(18)26)31-17-24(29)28(15-14-20-8-4-3-5-9-20)19(2)25(30)27-21-10-6-7-11-21/h3-5,8-9,12-13,16,19,21H,6-7,10-11,14-15,17H2,1-2H3,(H,27,30)/t19-/m1/s1. The highest BCUT2D eigenvalue weighted by atomic mass is 79.9. The molecule has 31 heavy (non-hydrogen) atoms. The average molecular weight is 487 g/mol. The van der Waals surface area contributed by atoms with Gasteiger partial charge in [-0.25, -0.2) is 0 Å². The molecule has 166 valence electrons. The van der Waals surface area contributed by atoms with Gasteiger partial charge in [0.2, 0.25) is 5.91 Å². The van der Waals surface area contributed by atoms with Crippen molar-refractivity contribution in [2.24, 2.45) is 0 Å². The first-order chi connectivity index (χ1) is 14.9. The predicted molar refractivity (Wildman–Crippen MR) is 126 cm³/mol. The maximum atomic E-state index is 13.1. The van der Waals surface area contributed by atoms with E-state index in [2.05, 4.69) is 21.2 Å². The fraction of sp³-hybridized carbons (Fsp3) is 0.440. The first-order valence-corrected chi connectivity index (χ1v) is 11.8. The van der Waals surface area contributed by atoms with E-state index in [1.165, 1.54) is 0 Å². The number of nitrogens with one attached hydrogen (secondary N) is 1. The van der Waals surface area contributed by atoms with Crippen LogP contribution in [0.15, 0.2) is 53.0 Å². The number of carbonyl (C=O) groups excluding carboxylic acids is 2. The fourth-order valence-electron chi connectivity index (χ4n) is 3.90. The second-order valence-electron chi connectivity index (χ2n) is 8.19. The first kappa shape index (κ1) is 23.3. The van der Waals surface area contributed by atoms with Crippen LogP contribution in [-0.4, -0.2) is 41.9 Å². The Labute approximate surface area is 193 Å². The van der Waals surface area contributed by atoms with Crippen LogP contribution in [0.5, 0.6) is 5.75 Å². The van der Waals surface area contributed by atoms with Crippen LogP contribution >= 0.6 is 15.9 Å². The lowest BCUT2D eigenvalue weighted by Gasteiger charge is -2.29. The molecule has 0 radical (unpaired) electrons. The Bertz CT molecular complexity index is 882. The summed E-state index contributed by atoms with van der Waals surface area (Å²) in [7, 11) is 0. The third kappa shape index (κ3) is 6.82. The Hall–Kier alpha value is -2.34. The second-order valence-corrected chi connectivity index (χ2v) is 9.04. The van der Waals surface area contributed by atoms with E-state index in [1.807, 2.05) is 55.5 Å². The molecule has 1 N–H and O–H groups in total. The zero-order valence-electron chi connectivity index (χ0n) is 18.3. The van der Waals surface area contributed by atoms with Crippen LogP contribution in [-0.2, 0) is 16.0 Å². The van der Waals surface area contributed by atoms with Crippen molar-refractivity contribution in [3.63, 3.8) is 0 Å². The molecule has 1 aliphatic rings. The van der Waals surface area contributed by atoms with Gasteiger partial charge in [-0.05, 0) is 62.4 Å². The number of halogens is 1. The Morgan fingerprint density at radius 3 is 2.55 bits per heavy atom. The molecule has 2 amide bonds. The van der Waals surface area contributed by atoms with Crippen molar-refractivity contribution < 1.29 is 14.3 Å². The normalized spacial score (nSPS) is 14.8. The summed E-state index contributed by atoms with van der Waals surface area (Å²) in [5, 5.41) is 3.12. The smallest absolute Gasteiger partial charge is 0.261 e. The van der Waals surface area contributed by atoms with E-state index in [0.29, 0.717) is 18.7 Å². The molecule has 0 saturated heterocycles. The van der Waals surface area contributed by atoms with Gasteiger partial charge in [0.05, 0.1) is 0 Å². The second kappa shape index (κ2) is 11.3. The van der Waals surface area contributed by atoms with Crippen molar-refractivity contribution in [3.05, 3.63) is 64.1 Å². The van der Waals surface area contributed by atoms with Crippen molar-refractivity contribution in [1.82, 2.24) is 10.2 Å². The molecule has 5 nitrogen and oxygen atoms in total. The fourth-order valence-corrected chi connectivity index (χ4v) is 4.14. The molecule has 1 atom stereocenters. The maximum Gasteiger partial charge on any atom is 0.261 e. The van der Waals surface area contributed by atoms with Gasteiger partial charge in [-0.1, -0.05) is 59.1 Å². The minimum atomic E-state index is -0.549. The predicted octanol–water partition coefficient (Wildman–Crippen LogP) is 4.65. The third-order valence-corrected chi connectivity index (χ3v) is 6.73. The number of ether oxygens (including phenoxy) is 1. The van der Waals surface area contributed by atoms with E-state index in [0.717, 1.165) is 41.3 Å². The van der Waals surface area contributed by atoms with E-state index in [4.69, 9.17) is 4.74 Å². The van der Waals surface area contributed by atoms with Crippen LogP contribution in [0.25, 0.3) is 0 Å². The third-order valence-electron chi connectivity index (χ3n) is 5.84. The van der Waals surface area contributed by atoms with E-state index in [-0.39, 0.29) is 24.5 Å². The quantitative estimate of drug-likeness (QED) is 0.560. The SMILES string of the molecule is Cc1cc(OCC(=O)N(CCc2ccccc2)[C@H](C)C(=O)NC2CCCC2)ccc1Br. The Balaban J connectivity index is 1.65. The van der Waals surface area contributed by atoms with Crippen LogP contribution < -0.4 is 10.1 Å². The Morgan fingerprint density at radius 2 is 1.87 bits per heavy atom. The first-order valence-electron chi connectivity index (χ1n) is 11.0. The summed E-state index contributed by atoms with van der Waals surface area (Å²) < 4.78 is 6.75. The largest absolute Gasteiger partial charge is 0.484 e. The van der Waals surface area contributed by atoms with Gasteiger partial charge in [-0.2, -0.15) is 0 Å². The molecule has 0 heterocycles. The highest BCUT2D eigenvalue weighted by molar-refractivity contribution is 9.10. The summed E-state index contributed by atoms with van der Waals surface area (Å²) in [6.45, 7) is 4.14. The average Bonchev–Trinajstić information content (AvgIpc) is 3.28. The summed E-state index contributed by atoms with van der Waals surface area (Å²) in [6, 6.07) is 15.3. The lowest BCUT2D eigenvalue weighted by molar-refractivity contribution is -0.141. The number of hydrogen-bond donors (Lipinski definition) is 1. The highest BCUT2D eigenvalue weighted by Crippen LogP contribution is 2.22. The summed E-state index contributed by atoms with van der Waals surface area (Å²) >= 11 is 3.47. The monoisotopic (exact) mass is 486 g/mol. The molecular formula is C25H31BrN2O3. The lowest BCUT2D eigenvalue weighted by atomic mass is 10.1. The van der Waals surface area contributed by atoms with Crippen molar-refractivity contribution >= 4 is 27.7 Å². The van der Waals surface area contributed by atoms with Crippen LogP contribution in [0.4, 0.5) is 0 Å². The molecule has 2 aromatic rings. The van der Waals surface area contributed by atoms with Gasteiger partial charge < -0.3 is 15.0 Å². The molecular weight excluding hydrogens is 456 g/mol. The number of hydrogen-bond acceptors (Lipinski definition) is 3. The van der Waals surface area contributed by atoms with E-state index in [1.54, 1.807) is 11.8 Å². The number of amides is 2. The molecule has 0 spiro atoms. The van der Waals surface area contributed by atoms with Gasteiger partial charge in [0, 0.05) is 17.1 Å². The van der Waals surface area contributed by atoms with Crippen molar-refractivity contribution in [1.29, 1.82) is 0 Å². The minimum absolute atomic E-state index is 0.0900. The summed E-state index contributed by atoms with van der Waals surface area (Å²) in [6.07, 6.45) is 5.02. The zero-order chi connectivity index (χ0) is 22.2. The molecule has 0 unspecified atom stereocenters. The molecule has 6 heteroatoms. The van der Waals surface area contributed by atoms with Crippen LogP contribution in [0.3, 0.4) is 0 Å². The van der Waals surface area contributed by atoms with Gasteiger partial charge in [0.25, 0.3) is 5.91 Å². The number of aryl methyl sites for hydroxylation is 1. The molecule has 0 aromatic heterocycles. The number of rotatable bonds is 9. The van der Waals surface area contributed by atoms with E-state index in [9.17, 15) is 9.59 Å². The van der Waals surface area contributed by atoms with E-state index < -0.39 is 6.04 Å². The van der Waals surface area contributed by atoms with Gasteiger partial charge in [0.1, 0.15) is 11.8 Å². The molecule has 1 aliphatic carbocycles. The maximum absolute atomic E-state index is 13.1. The zero-order valence-corrected chi connectivity index (χ0v) is 19.9. The molecule has 0 aliphatic heterocycles. The lowest BCUT2D eigenvalue weighted by Crippen LogP contribution is -2.51. The topological polar surface area (TPSA) is 58.6 Å².